The van der Waals surface area contributed by atoms with Crippen LogP contribution in [0.25, 0.3) is 65.6 Å². The Hall–Kier alpha value is -10.2. The number of carboxylic acid groups (broad SMARTS) is 1. The van der Waals surface area contributed by atoms with Gasteiger partial charge in [0.25, 0.3) is 0 Å². The molecule has 5 aromatic carbocycles. The van der Waals surface area contributed by atoms with Crippen molar-refractivity contribution >= 4 is 88.3 Å². The molecule has 518 valence electrons. The van der Waals surface area contributed by atoms with Gasteiger partial charge in [-0.3, -0.25) is 14.4 Å². The Kier molecular flexibility index (Phi) is 20.9. The zero-order chi connectivity index (χ0) is 69.6. The van der Waals surface area contributed by atoms with Crippen LogP contribution < -0.4 is 40.8 Å². The molecule has 5 saturated heterocycles. The first-order valence-corrected chi connectivity index (χ1v) is 35.1. The number of halogens is 3. The summed E-state index contributed by atoms with van der Waals surface area (Å²) in [5, 5.41) is 11.4. The van der Waals surface area contributed by atoms with Gasteiger partial charge in [0.05, 0.1) is 88.5 Å². The van der Waals surface area contributed by atoms with Crippen molar-refractivity contribution in [2.45, 2.75) is 52.4 Å². The number of pyridine rings is 2. The number of benzene rings is 5. The molecule has 5 aliphatic rings. The predicted molar refractivity (Wildman–Crippen MR) is 381 cm³/mol. The van der Waals surface area contributed by atoms with E-state index in [9.17, 15) is 38.3 Å². The number of aromatic nitrogens is 4. The van der Waals surface area contributed by atoms with Crippen LogP contribution in [0.5, 0.6) is 0 Å². The number of esters is 2. The number of nitrogens with zero attached hydrogens (tertiary/aromatic N) is 9. The number of morpholine rings is 2. The van der Waals surface area contributed by atoms with Crippen LogP contribution in [0.15, 0.2) is 147 Å². The standard InChI is InChI=1S/C29H29FN4O4S.C27H25FN4O4S.C18H18FNO4/c1-2-38-28(36)21-18-34(20-6-7-23-27(16-20)39-29(31-23)33-11-13-37-14-12-33)25(17-26(21)35)19-5-8-24(22(30)15-19)32-9-3-4-10-32;28-20-13-17(3-6-22(20)30-7-1-2-8-30)23-15-24(33)19(26(34)35)16-32(23)18-4-5-21-25(14-18)37-27(29-21)31-9-11-36-12-10-31;1-2-23-18(22)13-11-24-17(10-16(13)21)12-5-6-15(14(19)9-12)20-7-3-4-8-20/h5-8,15-18H,2-4,9-14H2,1H3;3-6,13-16H,1-2,7-12H2,(H,34,35);5-6,9-11H,2-4,7-8H2,1H3. The van der Waals surface area contributed by atoms with E-state index < -0.39 is 34.2 Å². The number of ether oxygens (including phenoxy) is 4. The van der Waals surface area contributed by atoms with E-state index in [-0.39, 0.29) is 53.1 Å². The smallest absolute Gasteiger partial charge is 0.345 e. The van der Waals surface area contributed by atoms with Crippen LogP contribution >= 0.6 is 22.7 Å². The van der Waals surface area contributed by atoms with E-state index in [4.69, 9.17) is 33.3 Å². The second-order valence-electron chi connectivity index (χ2n) is 24.5. The van der Waals surface area contributed by atoms with Gasteiger partial charge in [0.2, 0.25) is 0 Å². The summed E-state index contributed by atoms with van der Waals surface area (Å²) in [6.07, 6.45) is 10.1. The van der Waals surface area contributed by atoms with Crippen LogP contribution in [0.3, 0.4) is 0 Å². The number of rotatable bonds is 15. The Balaban J connectivity index is 0.000000138. The van der Waals surface area contributed by atoms with E-state index in [1.807, 2.05) is 57.2 Å². The highest BCUT2D eigenvalue weighted by atomic mass is 32.1. The van der Waals surface area contributed by atoms with Crippen molar-refractivity contribution in [3.05, 3.63) is 193 Å². The Labute approximate surface area is 580 Å². The molecule has 15 rings (SSSR count). The number of hydrogen-bond acceptors (Lipinski definition) is 20. The van der Waals surface area contributed by atoms with Gasteiger partial charge in [-0.05, 0) is 131 Å². The number of hydrogen-bond donors (Lipinski definition) is 1. The molecule has 0 unspecified atom stereocenters. The van der Waals surface area contributed by atoms with E-state index in [1.165, 1.54) is 48.8 Å². The quantitative estimate of drug-likeness (QED) is 0.0942. The van der Waals surface area contributed by atoms with Crippen molar-refractivity contribution in [2.75, 3.05) is 130 Å². The van der Waals surface area contributed by atoms with Gasteiger partial charge in [-0.2, -0.15) is 0 Å². The van der Waals surface area contributed by atoms with E-state index in [2.05, 4.69) is 9.80 Å². The normalized spacial score (nSPS) is 15.4. The summed E-state index contributed by atoms with van der Waals surface area (Å²) in [6, 6.07) is 30.0. The second kappa shape index (κ2) is 30.5. The molecule has 0 spiro atoms. The van der Waals surface area contributed by atoms with Crippen molar-refractivity contribution in [1.29, 1.82) is 0 Å². The molecular weight excluding hydrogens is 1330 g/mol. The molecule has 0 radical (unpaired) electrons. The zero-order valence-corrected chi connectivity index (χ0v) is 56.7. The van der Waals surface area contributed by atoms with Gasteiger partial charge >= 0.3 is 17.9 Å². The summed E-state index contributed by atoms with van der Waals surface area (Å²) in [5.41, 5.74) is 4.91. The lowest BCUT2D eigenvalue weighted by atomic mass is 10.1. The predicted octanol–water partition coefficient (Wildman–Crippen LogP) is 12.5. The van der Waals surface area contributed by atoms with Crippen molar-refractivity contribution in [2.24, 2.45) is 0 Å². The Morgan fingerprint density at radius 1 is 0.470 bits per heavy atom. The molecule has 0 saturated carbocycles. The molecule has 10 heterocycles. The highest BCUT2D eigenvalue weighted by molar-refractivity contribution is 7.22. The van der Waals surface area contributed by atoms with Crippen LogP contribution in [0.4, 0.5) is 40.5 Å². The molecule has 5 fully saturated rings. The van der Waals surface area contributed by atoms with E-state index in [0.717, 1.165) is 147 Å². The minimum atomic E-state index is -1.31. The van der Waals surface area contributed by atoms with Crippen molar-refractivity contribution in [1.82, 2.24) is 19.1 Å². The number of carbonyl (C=O) groups excluding carboxylic acids is 2. The summed E-state index contributed by atoms with van der Waals surface area (Å²) in [4.78, 5) is 93.7. The summed E-state index contributed by atoms with van der Waals surface area (Å²) in [7, 11) is 0. The second-order valence-corrected chi connectivity index (χ2v) is 26.5. The van der Waals surface area contributed by atoms with Gasteiger partial charge in [-0.1, -0.05) is 34.8 Å². The first-order chi connectivity index (χ1) is 48.6. The van der Waals surface area contributed by atoms with Gasteiger partial charge < -0.3 is 62.1 Å². The Morgan fingerprint density at radius 3 is 1.27 bits per heavy atom. The van der Waals surface area contributed by atoms with E-state index in [1.54, 1.807) is 76.0 Å². The maximum Gasteiger partial charge on any atom is 0.345 e. The third-order valence-corrected chi connectivity index (χ3v) is 20.2. The lowest BCUT2D eigenvalue weighted by Crippen LogP contribution is -2.36. The molecule has 0 amide bonds. The molecule has 0 bridgehead atoms. The van der Waals surface area contributed by atoms with Crippen molar-refractivity contribution in [3.63, 3.8) is 0 Å². The fourth-order valence-electron chi connectivity index (χ4n) is 12.9. The highest BCUT2D eigenvalue weighted by Crippen LogP contribution is 2.37. The highest BCUT2D eigenvalue weighted by Gasteiger charge is 2.26. The fraction of sp³-hybridized carbons (Fsp3) is 0.324. The van der Waals surface area contributed by atoms with E-state index in [0.29, 0.717) is 77.3 Å². The lowest BCUT2D eigenvalue weighted by Gasteiger charge is -2.25. The van der Waals surface area contributed by atoms with Crippen LogP contribution in [0, 0.1) is 17.5 Å². The van der Waals surface area contributed by atoms with Crippen molar-refractivity contribution in [3.8, 4) is 45.2 Å². The minimum Gasteiger partial charge on any atom is -0.477 e. The SMILES string of the molecule is CCOC(=O)c1cn(-c2ccc3nc(N4CCOCC4)sc3c2)c(-c2ccc(N3CCCC3)c(F)c2)cc1=O.CCOC(=O)c1coc(-c2ccc(N3CCCC3)c(F)c2)cc1=O.O=C(O)c1cn(-c2ccc3nc(N4CCOCC4)sc3c2)c(-c2ccc(N3CCCC3)c(F)c2)cc1=O. The summed E-state index contributed by atoms with van der Waals surface area (Å²) < 4.78 is 76.3. The lowest BCUT2D eigenvalue weighted by molar-refractivity contribution is 0.0513. The topological polar surface area (TPSA) is 225 Å². The van der Waals surface area contributed by atoms with Gasteiger partial charge in [0, 0.05) is 124 Å². The zero-order valence-electron chi connectivity index (χ0n) is 55.1. The third-order valence-electron chi connectivity index (χ3n) is 18.1. The van der Waals surface area contributed by atoms with E-state index >= 15 is 8.78 Å². The van der Waals surface area contributed by atoms with Crippen LogP contribution in [-0.2, 0) is 18.9 Å². The molecule has 21 nitrogen and oxygen atoms in total. The number of fused-ring (bicyclic) bond motifs is 2. The number of anilines is 5. The van der Waals surface area contributed by atoms with Crippen LogP contribution in [-0.4, -0.2) is 147 Å². The molecule has 5 aromatic heterocycles. The number of carboxylic acids is 1. The molecule has 0 aliphatic carbocycles. The molecule has 1 N–H and O–H groups in total. The van der Waals surface area contributed by atoms with Gasteiger partial charge in [0.1, 0.15) is 46.2 Å². The van der Waals surface area contributed by atoms with Crippen LogP contribution in [0.1, 0.15) is 83.4 Å². The molecule has 26 heteroatoms. The maximum absolute atomic E-state index is 15.3. The Bertz CT molecular complexity index is 4890. The molecule has 100 heavy (non-hydrogen) atoms. The maximum atomic E-state index is 15.3. The fourth-order valence-corrected chi connectivity index (χ4v) is 15.0. The number of thiazole rings is 2. The average molecular weight is 1400 g/mol. The molecule has 0 atom stereocenters. The third kappa shape index (κ3) is 14.9. The van der Waals surface area contributed by atoms with Gasteiger partial charge in [0.15, 0.2) is 26.5 Å². The monoisotopic (exact) mass is 1400 g/mol. The Morgan fingerprint density at radius 2 is 0.860 bits per heavy atom. The summed E-state index contributed by atoms with van der Waals surface area (Å²) in [5.74, 6) is -3.58. The number of carbonyl (C=O) groups is 3. The first-order valence-electron chi connectivity index (χ1n) is 33.4. The minimum absolute atomic E-state index is 0.0758. The summed E-state index contributed by atoms with van der Waals surface area (Å²) in [6.45, 7) is 14.4. The summed E-state index contributed by atoms with van der Waals surface area (Å²) >= 11 is 3.13. The van der Waals surface area contributed by atoms with Gasteiger partial charge in [-0.25, -0.2) is 37.5 Å². The molecule has 10 aromatic rings. The molecular formula is C74H72F3N9O12S2. The molecule has 5 aliphatic heterocycles. The number of aromatic carboxylic acids is 1. The first kappa shape index (κ1) is 68.4. The van der Waals surface area contributed by atoms with Crippen molar-refractivity contribution < 1.29 is 56.0 Å². The largest absolute Gasteiger partial charge is 0.477 e. The van der Waals surface area contributed by atoms with Gasteiger partial charge in [-0.15, -0.1) is 0 Å². The van der Waals surface area contributed by atoms with Crippen LogP contribution in [0.2, 0.25) is 0 Å². The average Bonchev–Trinajstić information content (AvgIpc) is 1.16.